The lowest BCUT2D eigenvalue weighted by atomic mass is 10.1. The number of hydrazone groups is 1. The van der Waals surface area contributed by atoms with Crippen molar-refractivity contribution >= 4 is 17.6 Å². The maximum absolute atomic E-state index is 12.5. The second-order valence-corrected chi connectivity index (χ2v) is 4.61. The van der Waals surface area contributed by atoms with Crippen LogP contribution < -0.4 is 5.43 Å². The third kappa shape index (κ3) is 5.13. The van der Waals surface area contributed by atoms with Crippen molar-refractivity contribution in [2.24, 2.45) is 5.10 Å². The molecule has 0 fully saturated rings. The van der Waals surface area contributed by atoms with Crippen LogP contribution in [0.4, 0.5) is 24.5 Å². The fourth-order valence-electron chi connectivity index (χ4n) is 1.56. The minimum Gasteiger partial charge on any atom is -0.394 e. The van der Waals surface area contributed by atoms with Crippen LogP contribution in [0.15, 0.2) is 23.3 Å². The Kier molecular flexibility index (Phi) is 6.60. The average Bonchev–Trinajstić information content (AvgIpc) is 2.52. The van der Waals surface area contributed by atoms with E-state index in [1.807, 2.05) is 0 Å². The van der Waals surface area contributed by atoms with E-state index in [2.05, 4.69) is 10.5 Å². The molecule has 0 aromatic heterocycles. The summed E-state index contributed by atoms with van der Waals surface area (Å²) in [6.45, 7) is -0.829. The summed E-state index contributed by atoms with van der Waals surface area (Å²) >= 11 is 0. The first-order valence-corrected chi connectivity index (χ1v) is 6.37. The first kappa shape index (κ1) is 19.8. The van der Waals surface area contributed by atoms with Crippen LogP contribution in [-0.4, -0.2) is 56.5 Å². The van der Waals surface area contributed by atoms with Gasteiger partial charge in [0.25, 0.3) is 5.69 Å². The highest BCUT2D eigenvalue weighted by molar-refractivity contribution is 5.68. The van der Waals surface area contributed by atoms with Crippen molar-refractivity contribution in [3.63, 3.8) is 0 Å². The summed E-state index contributed by atoms with van der Waals surface area (Å²) < 4.78 is 37.6. The number of nitro groups is 1. The van der Waals surface area contributed by atoms with Crippen LogP contribution in [0.25, 0.3) is 0 Å². The van der Waals surface area contributed by atoms with E-state index in [-0.39, 0.29) is 5.69 Å². The molecule has 3 atom stereocenters. The number of alkyl halides is 3. The SMILES string of the molecule is O=[N+]([O-])c1cc(C(F)(F)F)ccc1NN=C[C@@H](O)[C@H](O)[C@H](O)CO. The molecular weight excluding hydrogens is 339 g/mol. The number of nitro benzene ring substituents is 1. The minimum absolute atomic E-state index is 0.318. The van der Waals surface area contributed by atoms with Gasteiger partial charge in [0, 0.05) is 6.07 Å². The predicted octanol–water partition coefficient (Wildman–Crippen LogP) is 0.0863. The molecule has 0 aliphatic carbocycles. The Morgan fingerprint density at radius 1 is 1.33 bits per heavy atom. The van der Waals surface area contributed by atoms with E-state index in [9.17, 15) is 33.5 Å². The Labute approximate surface area is 132 Å². The Morgan fingerprint density at radius 3 is 2.46 bits per heavy atom. The molecule has 0 radical (unpaired) electrons. The largest absolute Gasteiger partial charge is 0.416 e. The molecule has 0 aliphatic rings. The van der Waals surface area contributed by atoms with Crippen molar-refractivity contribution in [1.29, 1.82) is 0 Å². The van der Waals surface area contributed by atoms with Gasteiger partial charge >= 0.3 is 6.18 Å². The molecule has 0 aliphatic heterocycles. The Hall–Kier alpha value is -2.28. The van der Waals surface area contributed by atoms with E-state index >= 15 is 0 Å². The number of hydrogen-bond acceptors (Lipinski definition) is 8. The van der Waals surface area contributed by atoms with E-state index in [4.69, 9.17) is 10.2 Å². The number of aliphatic hydroxyl groups excluding tert-OH is 4. The van der Waals surface area contributed by atoms with E-state index in [0.717, 1.165) is 6.07 Å². The molecule has 1 aromatic carbocycles. The van der Waals surface area contributed by atoms with Crippen molar-refractivity contribution in [3.05, 3.63) is 33.9 Å². The maximum Gasteiger partial charge on any atom is 0.416 e. The summed E-state index contributed by atoms with van der Waals surface area (Å²) in [7, 11) is 0. The molecule has 0 amide bonds. The van der Waals surface area contributed by atoms with Gasteiger partial charge in [-0.1, -0.05) is 0 Å². The number of rotatable bonds is 7. The zero-order valence-corrected chi connectivity index (χ0v) is 11.9. The van der Waals surface area contributed by atoms with Crippen molar-refractivity contribution in [2.75, 3.05) is 12.0 Å². The van der Waals surface area contributed by atoms with Gasteiger partial charge < -0.3 is 20.4 Å². The van der Waals surface area contributed by atoms with Crippen LogP contribution in [0.1, 0.15) is 5.56 Å². The third-order valence-electron chi connectivity index (χ3n) is 2.87. The molecule has 1 rings (SSSR count). The zero-order chi connectivity index (χ0) is 18.5. The normalized spacial score (nSPS) is 16.0. The molecule has 9 nitrogen and oxygen atoms in total. The van der Waals surface area contributed by atoms with E-state index in [1.165, 1.54) is 0 Å². The summed E-state index contributed by atoms with van der Waals surface area (Å²) in [6, 6.07) is 1.70. The number of anilines is 1. The van der Waals surface area contributed by atoms with E-state index in [1.54, 1.807) is 0 Å². The fourth-order valence-corrected chi connectivity index (χ4v) is 1.56. The fraction of sp³-hybridized carbons (Fsp3) is 0.417. The van der Waals surface area contributed by atoms with E-state index in [0.29, 0.717) is 18.3 Å². The summed E-state index contributed by atoms with van der Waals surface area (Å²) in [5, 5.41) is 50.7. The lowest BCUT2D eigenvalue weighted by Crippen LogP contribution is -2.40. The average molecular weight is 353 g/mol. The zero-order valence-electron chi connectivity index (χ0n) is 11.9. The Bertz CT molecular complexity index is 610. The highest BCUT2D eigenvalue weighted by atomic mass is 19.4. The highest BCUT2D eigenvalue weighted by Gasteiger charge is 2.33. The van der Waals surface area contributed by atoms with Gasteiger partial charge in [0.05, 0.1) is 23.3 Å². The topological polar surface area (TPSA) is 148 Å². The van der Waals surface area contributed by atoms with E-state index < -0.39 is 47.3 Å². The molecule has 24 heavy (non-hydrogen) atoms. The number of benzene rings is 1. The molecule has 0 saturated carbocycles. The molecule has 0 bridgehead atoms. The van der Waals surface area contributed by atoms with Gasteiger partial charge in [0.1, 0.15) is 24.0 Å². The molecule has 12 heteroatoms. The summed E-state index contributed by atoms with van der Waals surface area (Å²) in [6.07, 6.45) is -9.25. The highest BCUT2D eigenvalue weighted by Crippen LogP contribution is 2.34. The minimum atomic E-state index is -4.76. The second-order valence-electron chi connectivity index (χ2n) is 4.61. The summed E-state index contributed by atoms with van der Waals surface area (Å²) in [4.78, 5) is 9.78. The van der Waals surface area contributed by atoms with Crippen LogP contribution in [0.2, 0.25) is 0 Å². The third-order valence-corrected chi connectivity index (χ3v) is 2.87. The van der Waals surface area contributed by atoms with Crippen LogP contribution in [0.3, 0.4) is 0 Å². The van der Waals surface area contributed by atoms with Crippen molar-refractivity contribution in [1.82, 2.24) is 0 Å². The van der Waals surface area contributed by atoms with Gasteiger partial charge in [-0.05, 0) is 12.1 Å². The predicted molar refractivity (Wildman–Crippen MR) is 75.3 cm³/mol. The van der Waals surface area contributed by atoms with Crippen LogP contribution >= 0.6 is 0 Å². The van der Waals surface area contributed by atoms with Crippen LogP contribution in [0, 0.1) is 10.1 Å². The van der Waals surface area contributed by atoms with Crippen LogP contribution in [0.5, 0.6) is 0 Å². The lowest BCUT2D eigenvalue weighted by Gasteiger charge is -2.18. The number of hydrogen-bond donors (Lipinski definition) is 5. The number of halogens is 3. The Balaban J connectivity index is 2.92. The molecule has 1 aromatic rings. The number of aliphatic hydroxyl groups is 4. The van der Waals surface area contributed by atoms with Crippen molar-refractivity contribution in [3.8, 4) is 0 Å². The standard InChI is InChI=1S/C12H14F3N3O6/c13-12(14,15)6-1-2-7(8(3-6)18(23)24)17-16-4-9(20)11(22)10(21)5-19/h1-4,9-11,17,19-22H,5H2/t9-,10-,11+/m1/s1. The summed E-state index contributed by atoms with van der Waals surface area (Å²) in [5.74, 6) is 0. The van der Waals surface area contributed by atoms with Crippen molar-refractivity contribution < 1.29 is 38.5 Å². The molecule has 134 valence electrons. The molecule has 0 heterocycles. The number of nitrogens with one attached hydrogen (secondary N) is 1. The smallest absolute Gasteiger partial charge is 0.394 e. The lowest BCUT2D eigenvalue weighted by molar-refractivity contribution is -0.384. The van der Waals surface area contributed by atoms with Gasteiger partial charge in [0.2, 0.25) is 0 Å². The van der Waals surface area contributed by atoms with Crippen LogP contribution in [-0.2, 0) is 6.18 Å². The second kappa shape index (κ2) is 8.01. The first-order valence-electron chi connectivity index (χ1n) is 6.37. The quantitative estimate of drug-likeness (QED) is 0.265. The van der Waals surface area contributed by atoms with Gasteiger partial charge in [-0.3, -0.25) is 15.5 Å². The van der Waals surface area contributed by atoms with Gasteiger partial charge in [-0.2, -0.15) is 18.3 Å². The molecule has 0 spiro atoms. The van der Waals surface area contributed by atoms with Gasteiger partial charge in [-0.15, -0.1) is 0 Å². The van der Waals surface area contributed by atoms with Gasteiger partial charge in [-0.25, -0.2) is 0 Å². The van der Waals surface area contributed by atoms with Gasteiger partial charge in [0.15, 0.2) is 0 Å². The maximum atomic E-state index is 12.5. The first-order chi connectivity index (χ1) is 11.1. The molecule has 5 N–H and O–H groups in total. The molecule has 0 unspecified atom stereocenters. The molecule has 0 saturated heterocycles. The molecular formula is C12H14F3N3O6. The summed E-state index contributed by atoms with van der Waals surface area (Å²) in [5.41, 5.74) is -0.433. The number of nitrogens with zero attached hydrogens (tertiary/aromatic N) is 2. The monoisotopic (exact) mass is 353 g/mol. The Morgan fingerprint density at radius 2 is 1.96 bits per heavy atom. The van der Waals surface area contributed by atoms with Crippen molar-refractivity contribution in [2.45, 2.75) is 24.5 Å².